The van der Waals surface area contributed by atoms with Crippen LogP contribution in [0, 0.1) is 6.92 Å². The molecule has 0 atom stereocenters. The highest BCUT2D eigenvalue weighted by Crippen LogP contribution is 2.29. The Kier molecular flexibility index (Phi) is 5.11. The third-order valence-electron chi connectivity index (χ3n) is 4.37. The molecule has 1 amide bonds. The molecule has 3 rings (SSSR count). The van der Waals surface area contributed by atoms with Crippen molar-refractivity contribution in [1.29, 1.82) is 0 Å². The van der Waals surface area contributed by atoms with Crippen LogP contribution in [0.25, 0.3) is 0 Å². The molecule has 2 aromatic rings. The number of aromatic nitrogens is 1. The molecule has 0 saturated carbocycles. The summed E-state index contributed by atoms with van der Waals surface area (Å²) in [6.07, 6.45) is 4.45. The highest BCUT2D eigenvalue weighted by atomic mass is 16.5. The zero-order chi connectivity index (χ0) is 16.9. The molecule has 24 heavy (non-hydrogen) atoms. The van der Waals surface area contributed by atoms with Crippen molar-refractivity contribution in [1.82, 2.24) is 9.88 Å². The minimum atomic E-state index is 0.0545. The Morgan fingerprint density at radius 3 is 2.92 bits per heavy atom. The molecule has 1 fully saturated rings. The quantitative estimate of drug-likeness (QED) is 0.828. The molecule has 1 aromatic carbocycles. The number of hydrogen-bond acceptors (Lipinski definition) is 4. The summed E-state index contributed by atoms with van der Waals surface area (Å²) >= 11 is 0. The molecule has 5 heteroatoms. The van der Waals surface area contributed by atoms with Gasteiger partial charge in [-0.15, -0.1) is 0 Å². The molecule has 1 saturated heterocycles. The first-order valence-electron chi connectivity index (χ1n) is 8.31. The second-order valence-corrected chi connectivity index (χ2v) is 6.16. The summed E-state index contributed by atoms with van der Waals surface area (Å²) in [4.78, 5) is 18.6. The normalized spacial score (nSPS) is 14.3. The van der Waals surface area contributed by atoms with Gasteiger partial charge in [0.1, 0.15) is 5.75 Å². The Bertz CT molecular complexity index is 697. The van der Waals surface area contributed by atoms with Gasteiger partial charge < -0.3 is 15.4 Å². The van der Waals surface area contributed by atoms with Gasteiger partial charge in [0.25, 0.3) is 5.91 Å². The number of carbonyl (C=O) groups excluding carboxylic acids is 1. The molecule has 1 aliphatic heterocycles. The molecule has 0 radical (unpaired) electrons. The first kappa shape index (κ1) is 16.5. The number of nitrogens with two attached hydrogens (primary N) is 1. The van der Waals surface area contributed by atoms with Crippen LogP contribution in [0.2, 0.25) is 0 Å². The Labute approximate surface area is 142 Å². The summed E-state index contributed by atoms with van der Waals surface area (Å²) < 4.78 is 5.73. The third-order valence-corrected chi connectivity index (χ3v) is 4.37. The zero-order valence-corrected chi connectivity index (χ0v) is 13.9. The van der Waals surface area contributed by atoms with Crippen LogP contribution in [0.4, 0.5) is 0 Å². The van der Waals surface area contributed by atoms with E-state index < -0.39 is 0 Å². The molecule has 1 aromatic heterocycles. The highest BCUT2D eigenvalue weighted by molar-refractivity contribution is 5.95. The Morgan fingerprint density at radius 2 is 2.21 bits per heavy atom. The third kappa shape index (κ3) is 3.57. The summed E-state index contributed by atoms with van der Waals surface area (Å²) in [6.45, 7) is 4.63. The van der Waals surface area contributed by atoms with E-state index in [1.54, 1.807) is 6.20 Å². The van der Waals surface area contributed by atoms with Gasteiger partial charge in [-0.1, -0.05) is 12.1 Å². The van der Waals surface area contributed by atoms with Crippen molar-refractivity contribution in [3.8, 4) is 5.75 Å². The molecule has 126 valence electrons. The van der Waals surface area contributed by atoms with Crippen molar-refractivity contribution in [2.24, 2.45) is 5.73 Å². The number of likely N-dealkylation sites (tertiary alicyclic amines) is 1. The molecule has 2 N–H and O–H groups in total. The standard InChI is InChI=1S/C19H23N3O2/c1-14-5-6-15(10-18(14)24-9-3-7-20)19(23)22-12-17(13-22)16-4-2-8-21-11-16/h2,4-6,8,10-11,17H,3,7,9,12-13,20H2,1H3. The van der Waals surface area contributed by atoms with Crippen molar-refractivity contribution < 1.29 is 9.53 Å². The Hall–Kier alpha value is -2.40. The molecule has 0 bridgehead atoms. The van der Waals surface area contributed by atoms with Crippen LogP contribution in [0.15, 0.2) is 42.7 Å². The maximum absolute atomic E-state index is 12.6. The number of nitrogens with zero attached hydrogens (tertiary/aromatic N) is 2. The van der Waals surface area contributed by atoms with Gasteiger partial charge in [-0.3, -0.25) is 9.78 Å². The molecule has 5 nitrogen and oxygen atoms in total. The summed E-state index contributed by atoms with van der Waals surface area (Å²) in [5.41, 5.74) is 8.38. The summed E-state index contributed by atoms with van der Waals surface area (Å²) in [6, 6.07) is 9.64. The van der Waals surface area contributed by atoms with Crippen LogP contribution in [-0.2, 0) is 0 Å². The van der Waals surface area contributed by atoms with E-state index in [4.69, 9.17) is 10.5 Å². The van der Waals surface area contributed by atoms with Crippen LogP contribution >= 0.6 is 0 Å². The average Bonchev–Trinajstić information content (AvgIpc) is 2.56. The highest BCUT2D eigenvalue weighted by Gasteiger charge is 2.32. The summed E-state index contributed by atoms with van der Waals surface area (Å²) in [7, 11) is 0. The monoisotopic (exact) mass is 325 g/mol. The van der Waals surface area contributed by atoms with Gasteiger partial charge in [0.2, 0.25) is 0 Å². The SMILES string of the molecule is Cc1ccc(C(=O)N2CC(c3cccnc3)C2)cc1OCCCN. The predicted molar refractivity (Wildman–Crippen MR) is 93.2 cm³/mol. The van der Waals surface area contributed by atoms with Crippen LogP contribution in [0.3, 0.4) is 0 Å². The van der Waals surface area contributed by atoms with Crippen LogP contribution in [0.1, 0.15) is 33.8 Å². The first-order chi connectivity index (χ1) is 11.7. The molecule has 0 unspecified atom stereocenters. The molecule has 0 spiro atoms. The van der Waals surface area contributed by atoms with Gasteiger partial charge in [-0.05, 0) is 49.2 Å². The number of aryl methyl sites for hydroxylation is 1. The number of hydrogen-bond donors (Lipinski definition) is 1. The Morgan fingerprint density at radius 1 is 1.38 bits per heavy atom. The van der Waals surface area contributed by atoms with Crippen LogP contribution < -0.4 is 10.5 Å². The summed E-state index contributed by atoms with van der Waals surface area (Å²) in [5, 5.41) is 0. The lowest BCUT2D eigenvalue weighted by molar-refractivity contribution is 0.0601. The second kappa shape index (κ2) is 7.45. The van der Waals surface area contributed by atoms with E-state index >= 15 is 0 Å². The van der Waals surface area contributed by atoms with Crippen molar-refractivity contribution in [3.05, 3.63) is 59.4 Å². The van der Waals surface area contributed by atoms with E-state index in [9.17, 15) is 4.79 Å². The number of amides is 1. The Balaban J connectivity index is 1.63. The summed E-state index contributed by atoms with van der Waals surface area (Å²) in [5.74, 6) is 1.20. The number of rotatable bonds is 6. The van der Waals surface area contributed by atoms with Crippen molar-refractivity contribution in [2.75, 3.05) is 26.2 Å². The molecule has 2 heterocycles. The number of pyridine rings is 1. The lowest BCUT2D eigenvalue weighted by atomic mass is 9.92. The van der Waals surface area contributed by atoms with E-state index in [0.717, 1.165) is 30.8 Å². The van der Waals surface area contributed by atoms with Gasteiger partial charge in [0, 0.05) is 37.0 Å². The number of carbonyl (C=O) groups is 1. The maximum Gasteiger partial charge on any atom is 0.254 e. The fourth-order valence-electron chi connectivity index (χ4n) is 2.81. The fraction of sp³-hybridized carbons (Fsp3) is 0.368. The van der Waals surface area contributed by atoms with Crippen molar-refractivity contribution in [2.45, 2.75) is 19.3 Å². The van der Waals surface area contributed by atoms with Gasteiger partial charge in [0.05, 0.1) is 6.61 Å². The van der Waals surface area contributed by atoms with Crippen molar-refractivity contribution in [3.63, 3.8) is 0 Å². The molecular formula is C19H23N3O2. The lowest BCUT2D eigenvalue weighted by Crippen LogP contribution is -2.48. The van der Waals surface area contributed by atoms with E-state index in [2.05, 4.69) is 11.1 Å². The van der Waals surface area contributed by atoms with Gasteiger partial charge in [-0.25, -0.2) is 0 Å². The average molecular weight is 325 g/mol. The van der Waals surface area contributed by atoms with Gasteiger partial charge in [0.15, 0.2) is 0 Å². The predicted octanol–water partition coefficient (Wildman–Crippen LogP) is 2.36. The second-order valence-electron chi connectivity index (χ2n) is 6.16. The fourth-order valence-corrected chi connectivity index (χ4v) is 2.81. The largest absolute Gasteiger partial charge is 0.493 e. The van der Waals surface area contributed by atoms with E-state index in [1.807, 2.05) is 42.3 Å². The van der Waals surface area contributed by atoms with E-state index in [-0.39, 0.29) is 5.91 Å². The van der Waals surface area contributed by atoms with E-state index in [1.165, 1.54) is 5.56 Å². The van der Waals surface area contributed by atoms with Crippen LogP contribution in [-0.4, -0.2) is 42.0 Å². The van der Waals surface area contributed by atoms with Crippen LogP contribution in [0.5, 0.6) is 5.75 Å². The van der Waals surface area contributed by atoms with Gasteiger partial charge in [-0.2, -0.15) is 0 Å². The molecular weight excluding hydrogens is 302 g/mol. The smallest absolute Gasteiger partial charge is 0.254 e. The number of ether oxygens (including phenoxy) is 1. The van der Waals surface area contributed by atoms with Crippen molar-refractivity contribution >= 4 is 5.91 Å². The maximum atomic E-state index is 12.6. The van der Waals surface area contributed by atoms with E-state index in [0.29, 0.717) is 24.6 Å². The minimum absolute atomic E-state index is 0.0545. The zero-order valence-electron chi connectivity index (χ0n) is 13.9. The first-order valence-corrected chi connectivity index (χ1v) is 8.31. The molecule has 1 aliphatic rings. The number of benzene rings is 1. The molecule has 0 aliphatic carbocycles. The lowest BCUT2D eigenvalue weighted by Gasteiger charge is -2.39. The van der Waals surface area contributed by atoms with Gasteiger partial charge >= 0.3 is 0 Å². The minimum Gasteiger partial charge on any atom is -0.493 e. The topological polar surface area (TPSA) is 68.5 Å².